The first-order valence-corrected chi connectivity index (χ1v) is 9.26. The fraction of sp³-hybridized carbons (Fsp3) is 0. The van der Waals surface area contributed by atoms with Crippen LogP contribution in [-0.4, -0.2) is 20.9 Å². The van der Waals surface area contributed by atoms with Crippen molar-refractivity contribution in [2.75, 3.05) is 0 Å². The van der Waals surface area contributed by atoms with Crippen molar-refractivity contribution in [2.45, 2.75) is 0 Å². The van der Waals surface area contributed by atoms with Gasteiger partial charge in [0.2, 0.25) is 0 Å². The second-order valence-electron chi connectivity index (χ2n) is 7.19. The molecule has 0 bridgehead atoms. The van der Waals surface area contributed by atoms with Crippen LogP contribution in [0.5, 0.6) is 0 Å². The van der Waals surface area contributed by atoms with Crippen LogP contribution in [0.4, 0.5) is 39.5 Å². The maximum atomic E-state index is 13.8. The molecule has 0 aromatic heterocycles. The molecule has 3 aromatic rings. The van der Waals surface area contributed by atoms with E-state index in [0.717, 1.165) is 0 Å². The SMILES string of the molecule is Fc1cc(B2NB(c3cc(F)c(F)c(F)c3)NB(c3cc(F)c(F)c(F)c3)N2)cc(F)c1F. The summed E-state index contributed by atoms with van der Waals surface area (Å²) in [5.41, 5.74) is -0.683. The van der Waals surface area contributed by atoms with Crippen LogP contribution in [0.1, 0.15) is 0 Å². The third-order valence-corrected chi connectivity index (χ3v) is 5.02. The van der Waals surface area contributed by atoms with Crippen molar-refractivity contribution in [2.24, 2.45) is 0 Å². The highest BCUT2D eigenvalue weighted by atomic mass is 19.2. The minimum Gasteiger partial charge on any atom is -0.363 e. The number of benzene rings is 3. The molecule has 1 heterocycles. The van der Waals surface area contributed by atoms with Gasteiger partial charge in [0.25, 0.3) is 0 Å². The highest BCUT2D eigenvalue weighted by Crippen LogP contribution is 2.11. The second-order valence-corrected chi connectivity index (χ2v) is 7.19. The van der Waals surface area contributed by atoms with E-state index in [-0.39, 0.29) is 16.4 Å². The molecular weight excluding hydrogens is 462 g/mol. The average Bonchev–Trinajstić information content (AvgIpc) is 2.78. The van der Waals surface area contributed by atoms with Crippen LogP contribution in [0.2, 0.25) is 0 Å². The molecule has 1 saturated heterocycles. The van der Waals surface area contributed by atoms with E-state index in [2.05, 4.69) is 15.4 Å². The first kappa shape index (κ1) is 23.3. The molecule has 1 aliphatic heterocycles. The van der Waals surface area contributed by atoms with Crippen LogP contribution in [0.3, 0.4) is 0 Å². The molecule has 0 unspecified atom stereocenters. The number of hydrogen-bond acceptors (Lipinski definition) is 3. The zero-order valence-electron chi connectivity index (χ0n) is 16.1. The van der Waals surface area contributed by atoms with Crippen molar-refractivity contribution in [1.82, 2.24) is 15.4 Å². The summed E-state index contributed by atoms with van der Waals surface area (Å²) in [6, 6.07) is 3.75. The Balaban J connectivity index is 1.78. The predicted molar refractivity (Wildman–Crippen MR) is 105 cm³/mol. The standard InChI is InChI=1S/C18H9B3F9N3/c22-10-1-7(2-11(23)16(10)28)19-31-20(8-3-12(24)17(29)13(25)4-8)33-21(32-19)9-5-14(26)18(30)15(27)6-9/h1-6,31-33H. The summed E-state index contributed by atoms with van der Waals surface area (Å²) in [6.45, 7) is -3.84. The van der Waals surface area contributed by atoms with Gasteiger partial charge in [-0.3, -0.25) is 0 Å². The largest absolute Gasteiger partial charge is 0.363 e. The molecule has 4 rings (SSSR count). The molecule has 15 heteroatoms. The zero-order valence-corrected chi connectivity index (χ0v) is 16.1. The number of halogens is 9. The molecule has 3 nitrogen and oxygen atoms in total. The van der Waals surface area contributed by atoms with E-state index >= 15 is 0 Å². The van der Waals surface area contributed by atoms with Crippen LogP contribution in [0.15, 0.2) is 36.4 Å². The van der Waals surface area contributed by atoms with E-state index in [1.807, 2.05) is 0 Å². The van der Waals surface area contributed by atoms with Crippen LogP contribution >= 0.6 is 0 Å². The van der Waals surface area contributed by atoms with E-state index in [9.17, 15) is 39.5 Å². The Morgan fingerprint density at radius 2 is 0.545 bits per heavy atom. The van der Waals surface area contributed by atoms with Gasteiger partial charge < -0.3 is 15.4 Å². The van der Waals surface area contributed by atoms with Crippen molar-refractivity contribution in [3.63, 3.8) is 0 Å². The Hall–Kier alpha value is -2.90. The van der Waals surface area contributed by atoms with E-state index in [4.69, 9.17) is 0 Å². The van der Waals surface area contributed by atoms with Crippen LogP contribution in [0, 0.1) is 52.4 Å². The predicted octanol–water partition coefficient (Wildman–Crippen LogP) is 1.21. The lowest BCUT2D eigenvalue weighted by Gasteiger charge is -2.34. The van der Waals surface area contributed by atoms with Gasteiger partial charge in [0.1, 0.15) is 0 Å². The van der Waals surface area contributed by atoms with Crippen molar-refractivity contribution >= 4 is 37.3 Å². The highest BCUT2D eigenvalue weighted by molar-refractivity contribution is 6.99. The minimum atomic E-state index is -1.74. The summed E-state index contributed by atoms with van der Waals surface area (Å²) in [5.74, 6) is -14.5. The number of nitrogens with one attached hydrogen (secondary N) is 3. The van der Waals surface area contributed by atoms with Crippen LogP contribution < -0.4 is 31.8 Å². The van der Waals surface area contributed by atoms with Gasteiger partial charge in [-0.1, -0.05) is 0 Å². The van der Waals surface area contributed by atoms with Crippen LogP contribution in [-0.2, 0) is 0 Å². The Morgan fingerprint density at radius 3 is 0.727 bits per heavy atom. The fourth-order valence-electron chi connectivity index (χ4n) is 3.45. The van der Waals surface area contributed by atoms with Gasteiger partial charge in [-0.25, -0.2) is 39.5 Å². The summed E-state index contributed by atoms with van der Waals surface area (Å²) < 4.78 is 123. The van der Waals surface area contributed by atoms with Gasteiger partial charge >= 0.3 is 20.9 Å². The Labute approximate surface area is 181 Å². The smallest absolute Gasteiger partial charge is 0.320 e. The lowest BCUT2D eigenvalue weighted by atomic mass is 9.43. The minimum absolute atomic E-state index is 0.228. The molecule has 1 fully saturated rings. The van der Waals surface area contributed by atoms with Gasteiger partial charge in [0.05, 0.1) is 0 Å². The molecule has 0 aliphatic carbocycles. The summed E-state index contributed by atoms with van der Waals surface area (Å²) in [7, 11) is 0. The van der Waals surface area contributed by atoms with Gasteiger partial charge in [-0.05, 0) is 52.8 Å². The van der Waals surface area contributed by atoms with Crippen molar-refractivity contribution in [3.8, 4) is 0 Å². The molecule has 3 N–H and O–H groups in total. The van der Waals surface area contributed by atoms with Gasteiger partial charge in [-0.2, -0.15) is 0 Å². The molecule has 1 aliphatic rings. The molecular formula is C18H9B3F9N3. The summed E-state index contributed by atoms with van der Waals surface area (Å²) in [6.07, 6.45) is 0. The quantitative estimate of drug-likeness (QED) is 0.306. The molecule has 0 atom stereocenters. The molecule has 0 saturated carbocycles. The maximum absolute atomic E-state index is 13.8. The van der Waals surface area contributed by atoms with E-state index in [1.54, 1.807) is 0 Å². The maximum Gasteiger partial charge on any atom is 0.320 e. The van der Waals surface area contributed by atoms with Gasteiger partial charge in [0, 0.05) is 0 Å². The molecule has 3 aromatic carbocycles. The first-order chi connectivity index (χ1) is 15.5. The first-order valence-electron chi connectivity index (χ1n) is 9.26. The molecule has 0 amide bonds. The summed E-state index contributed by atoms with van der Waals surface area (Å²) in [4.78, 5) is 0. The van der Waals surface area contributed by atoms with Crippen molar-refractivity contribution < 1.29 is 39.5 Å². The third-order valence-electron chi connectivity index (χ3n) is 5.02. The normalized spacial score (nSPS) is 14.3. The fourth-order valence-corrected chi connectivity index (χ4v) is 3.45. The van der Waals surface area contributed by atoms with Gasteiger partial charge in [0.15, 0.2) is 52.4 Å². The van der Waals surface area contributed by atoms with E-state index in [1.165, 1.54) is 0 Å². The third kappa shape index (κ3) is 4.48. The lowest BCUT2D eigenvalue weighted by Crippen LogP contribution is -2.83. The zero-order chi connectivity index (χ0) is 24.0. The molecule has 0 spiro atoms. The lowest BCUT2D eigenvalue weighted by molar-refractivity contribution is 0.448. The average molecular weight is 471 g/mol. The second kappa shape index (κ2) is 8.80. The van der Waals surface area contributed by atoms with Gasteiger partial charge in [-0.15, -0.1) is 0 Å². The Morgan fingerprint density at radius 1 is 0.364 bits per heavy atom. The summed E-state index contributed by atoms with van der Waals surface area (Å²) >= 11 is 0. The number of hydrogen-bond donors (Lipinski definition) is 3. The van der Waals surface area contributed by atoms with Crippen LogP contribution in [0.25, 0.3) is 0 Å². The van der Waals surface area contributed by atoms with E-state index in [0.29, 0.717) is 36.4 Å². The summed E-state index contributed by atoms with van der Waals surface area (Å²) in [5, 5.41) is 8.04. The highest BCUT2D eigenvalue weighted by Gasteiger charge is 2.39. The monoisotopic (exact) mass is 471 g/mol. The molecule has 0 radical (unpaired) electrons. The topological polar surface area (TPSA) is 36.1 Å². The Kier molecular flexibility index (Phi) is 6.21. The molecule has 33 heavy (non-hydrogen) atoms. The van der Waals surface area contributed by atoms with E-state index < -0.39 is 73.3 Å². The number of rotatable bonds is 3. The van der Waals surface area contributed by atoms with Crippen molar-refractivity contribution in [3.05, 3.63) is 88.8 Å². The Bertz CT molecular complexity index is 1020. The molecule has 168 valence electrons. The van der Waals surface area contributed by atoms with Crippen molar-refractivity contribution in [1.29, 1.82) is 0 Å².